The van der Waals surface area contributed by atoms with E-state index < -0.39 is 0 Å². The highest BCUT2D eigenvalue weighted by molar-refractivity contribution is 7.80. The number of thiol groups is 1. The van der Waals surface area contributed by atoms with Gasteiger partial charge in [-0.25, -0.2) is 4.39 Å². The van der Waals surface area contributed by atoms with Crippen LogP contribution in [-0.2, 0) is 0 Å². The lowest BCUT2D eigenvalue weighted by molar-refractivity contribution is 0.102. The summed E-state index contributed by atoms with van der Waals surface area (Å²) in [6, 6.07) is 18.3. The Kier molecular flexibility index (Phi) is 4.53. The van der Waals surface area contributed by atoms with E-state index in [4.69, 9.17) is 5.73 Å². The number of nitrogens with one attached hydrogen (secondary N) is 1. The molecular formula is C19H15FN2OS. The summed E-state index contributed by atoms with van der Waals surface area (Å²) in [7, 11) is 0. The van der Waals surface area contributed by atoms with Gasteiger partial charge < -0.3 is 11.1 Å². The zero-order chi connectivity index (χ0) is 17.1. The molecule has 120 valence electrons. The van der Waals surface area contributed by atoms with Crippen molar-refractivity contribution in [3.63, 3.8) is 0 Å². The number of hydrogen-bond donors (Lipinski definition) is 3. The molecule has 3 aromatic carbocycles. The van der Waals surface area contributed by atoms with Crippen LogP contribution in [0.3, 0.4) is 0 Å². The van der Waals surface area contributed by atoms with E-state index in [-0.39, 0.29) is 11.7 Å². The Morgan fingerprint density at radius 2 is 1.54 bits per heavy atom. The molecule has 0 fully saturated rings. The number of rotatable bonds is 3. The van der Waals surface area contributed by atoms with Crippen molar-refractivity contribution in [3.8, 4) is 11.1 Å². The fraction of sp³-hybridized carbons (Fsp3) is 0. The summed E-state index contributed by atoms with van der Waals surface area (Å²) in [4.78, 5) is 13.1. The average molecular weight is 338 g/mol. The van der Waals surface area contributed by atoms with Crippen LogP contribution in [0.4, 0.5) is 15.8 Å². The number of halogens is 1. The van der Waals surface area contributed by atoms with E-state index in [1.807, 2.05) is 6.07 Å². The largest absolute Gasteiger partial charge is 0.397 e. The van der Waals surface area contributed by atoms with Gasteiger partial charge in [0, 0.05) is 10.5 Å². The predicted molar refractivity (Wildman–Crippen MR) is 97.9 cm³/mol. The first-order chi connectivity index (χ1) is 11.5. The third-order valence-corrected chi connectivity index (χ3v) is 3.91. The maximum Gasteiger partial charge on any atom is 0.255 e. The van der Waals surface area contributed by atoms with Crippen molar-refractivity contribution in [1.82, 2.24) is 0 Å². The van der Waals surface area contributed by atoms with Crippen LogP contribution < -0.4 is 11.1 Å². The molecule has 24 heavy (non-hydrogen) atoms. The Morgan fingerprint density at radius 1 is 0.917 bits per heavy atom. The second kappa shape index (κ2) is 6.76. The molecule has 0 unspecified atom stereocenters. The highest BCUT2D eigenvalue weighted by Crippen LogP contribution is 2.28. The molecule has 0 aliphatic heterocycles. The van der Waals surface area contributed by atoms with Gasteiger partial charge in [0.15, 0.2) is 0 Å². The molecule has 0 saturated heterocycles. The normalized spacial score (nSPS) is 10.4. The van der Waals surface area contributed by atoms with Gasteiger partial charge in [-0.05, 0) is 59.7 Å². The number of nitrogen functional groups attached to an aromatic ring is 1. The number of anilines is 2. The van der Waals surface area contributed by atoms with E-state index in [1.54, 1.807) is 48.5 Å². The van der Waals surface area contributed by atoms with Gasteiger partial charge in [0.1, 0.15) is 5.82 Å². The Balaban J connectivity index is 1.87. The van der Waals surface area contributed by atoms with Gasteiger partial charge in [-0.1, -0.05) is 18.2 Å². The summed E-state index contributed by atoms with van der Waals surface area (Å²) >= 11 is 4.20. The molecule has 0 bridgehead atoms. The molecule has 0 spiro atoms. The first-order valence-electron chi connectivity index (χ1n) is 7.29. The maximum atomic E-state index is 13.1. The monoisotopic (exact) mass is 338 g/mol. The number of carbonyl (C=O) groups excluding carboxylic acids is 1. The van der Waals surface area contributed by atoms with E-state index in [9.17, 15) is 9.18 Å². The minimum Gasteiger partial charge on any atom is -0.397 e. The summed E-state index contributed by atoms with van der Waals surface area (Å²) in [6.07, 6.45) is 0. The zero-order valence-electron chi connectivity index (χ0n) is 12.7. The van der Waals surface area contributed by atoms with E-state index in [0.717, 1.165) is 16.0 Å². The van der Waals surface area contributed by atoms with Crippen LogP contribution in [0.1, 0.15) is 10.4 Å². The smallest absolute Gasteiger partial charge is 0.255 e. The molecule has 0 radical (unpaired) electrons. The number of nitrogens with two attached hydrogens (primary N) is 1. The zero-order valence-corrected chi connectivity index (χ0v) is 13.6. The number of hydrogen-bond acceptors (Lipinski definition) is 3. The van der Waals surface area contributed by atoms with Crippen LogP contribution in [0.5, 0.6) is 0 Å². The minimum absolute atomic E-state index is 0.258. The van der Waals surface area contributed by atoms with Crippen molar-refractivity contribution >= 4 is 29.9 Å². The summed E-state index contributed by atoms with van der Waals surface area (Å²) in [6.45, 7) is 0. The van der Waals surface area contributed by atoms with Gasteiger partial charge >= 0.3 is 0 Å². The Bertz CT molecular complexity index is 877. The highest BCUT2D eigenvalue weighted by Gasteiger charge is 2.09. The van der Waals surface area contributed by atoms with E-state index in [0.29, 0.717) is 16.9 Å². The summed E-state index contributed by atoms with van der Waals surface area (Å²) in [5.41, 5.74) is 9.12. The first kappa shape index (κ1) is 16.1. The molecular weight excluding hydrogens is 323 g/mol. The van der Waals surface area contributed by atoms with Gasteiger partial charge in [-0.2, -0.15) is 0 Å². The van der Waals surface area contributed by atoms with Gasteiger partial charge in [-0.15, -0.1) is 12.6 Å². The first-order valence-corrected chi connectivity index (χ1v) is 7.73. The molecule has 3 aromatic rings. The molecule has 0 heterocycles. The predicted octanol–water partition coefficient (Wildman–Crippen LogP) is 4.62. The average Bonchev–Trinajstić information content (AvgIpc) is 2.58. The molecule has 3 nitrogen and oxygen atoms in total. The van der Waals surface area contributed by atoms with Gasteiger partial charge in [0.05, 0.1) is 11.4 Å². The van der Waals surface area contributed by atoms with Crippen molar-refractivity contribution in [2.75, 3.05) is 11.1 Å². The Hall–Kier alpha value is -2.79. The van der Waals surface area contributed by atoms with Gasteiger partial charge in [0.25, 0.3) is 5.91 Å². The molecule has 0 aromatic heterocycles. The van der Waals surface area contributed by atoms with Crippen LogP contribution in [-0.4, -0.2) is 5.91 Å². The summed E-state index contributed by atoms with van der Waals surface area (Å²) in [5.74, 6) is -0.554. The molecule has 0 aliphatic carbocycles. The third kappa shape index (κ3) is 3.58. The number of amides is 1. The summed E-state index contributed by atoms with van der Waals surface area (Å²) in [5, 5.41) is 2.80. The fourth-order valence-corrected chi connectivity index (χ4v) is 2.44. The highest BCUT2D eigenvalue weighted by atomic mass is 32.1. The van der Waals surface area contributed by atoms with Crippen LogP contribution in [0.2, 0.25) is 0 Å². The van der Waals surface area contributed by atoms with Crippen molar-refractivity contribution in [2.24, 2.45) is 0 Å². The SMILES string of the molecule is Nc1ccc(-c2ccc(F)cc2)cc1NC(=O)c1ccc(S)cc1. The van der Waals surface area contributed by atoms with E-state index in [2.05, 4.69) is 17.9 Å². The second-order valence-corrected chi connectivity index (χ2v) is 5.83. The second-order valence-electron chi connectivity index (χ2n) is 5.31. The fourth-order valence-electron chi connectivity index (χ4n) is 2.29. The summed E-state index contributed by atoms with van der Waals surface area (Å²) < 4.78 is 13.1. The molecule has 1 amide bonds. The standard InChI is InChI=1S/C19H15FN2OS/c20-15-6-1-12(2-7-15)14-5-10-17(21)18(11-14)22-19(23)13-3-8-16(24)9-4-13/h1-11,24H,21H2,(H,22,23). The third-order valence-electron chi connectivity index (χ3n) is 3.61. The van der Waals surface area contributed by atoms with Crippen LogP contribution in [0.25, 0.3) is 11.1 Å². The van der Waals surface area contributed by atoms with E-state index >= 15 is 0 Å². The topological polar surface area (TPSA) is 55.1 Å². The van der Waals surface area contributed by atoms with Crippen LogP contribution in [0.15, 0.2) is 71.6 Å². The van der Waals surface area contributed by atoms with Crippen LogP contribution in [0, 0.1) is 5.82 Å². The lowest BCUT2D eigenvalue weighted by Crippen LogP contribution is -2.13. The van der Waals surface area contributed by atoms with Crippen molar-refractivity contribution in [1.29, 1.82) is 0 Å². The van der Waals surface area contributed by atoms with Crippen LogP contribution >= 0.6 is 12.6 Å². The van der Waals surface area contributed by atoms with Crippen molar-refractivity contribution in [2.45, 2.75) is 4.90 Å². The molecule has 3 rings (SSSR count). The molecule has 0 saturated carbocycles. The number of benzene rings is 3. The van der Waals surface area contributed by atoms with Gasteiger partial charge in [-0.3, -0.25) is 4.79 Å². The molecule has 5 heteroatoms. The van der Waals surface area contributed by atoms with Crippen molar-refractivity contribution < 1.29 is 9.18 Å². The quantitative estimate of drug-likeness (QED) is 0.482. The maximum absolute atomic E-state index is 13.1. The molecule has 0 aliphatic rings. The lowest BCUT2D eigenvalue weighted by Gasteiger charge is -2.11. The lowest BCUT2D eigenvalue weighted by atomic mass is 10.0. The van der Waals surface area contributed by atoms with Gasteiger partial charge in [0.2, 0.25) is 0 Å². The van der Waals surface area contributed by atoms with Crippen molar-refractivity contribution in [3.05, 3.63) is 78.1 Å². The van der Waals surface area contributed by atoms with E-state index in [1.165, 1.54) is 12.1 Å². The number of carbonyl (C=O) groups is 1. The minimum atomic E-state index is -0.296. The molecule has 0 atom stereocenters. The Labute approximate surface area is 144 Å². The molecule has 3 N–H and O–H groups in total. The Morgan fingerprint density at radius 3 is 2.21 bits per heavy atom.